The van der Waals surface area contributed by atoms with Crippen LogP contribution in [0.2, 0.25) is 0 Å². The van der Waals surface area contributed by atoms with Gasteiger partial charge in [0.1, 0.15) is 10.9 Å². The van der Waals surface area contributed by atoms with Gasteiger partial charge < -0.3 is 15.3 Å². The standard InChI is InChI=1S/C14H18N2O4S2/c1-8(2)5-15-12(17)9-6-21-7-16(9)13(18)10-3-4-11(22-10)14(19)20/h3-4,8-9H,5-7H2,1-2H3,(H,15,17)(H,19,20). The van der Waals surface area contributed by atoms with E-state index in [0.717, 1.165) is 11.3 Å². The van der Waals surface area contributed by atoms with Crippen LogP contribution in [0.4, 0.5) is 0 Å². The molecule has 0 spiro atoms. The van der Waals surface area contributed by atoms with Crippen LogP contribution in [0.25, 0.3) is 0 Å². The number of nitrogens with zero attached hydrogens (tertiary/aromatic N) is 1. The maximum atomic E-state index is 12.5. The zero-order chi connectivity index (χ0) is 16.3. The lowest BCUT2D eigenvalue weighted by Gasteiger charge is -2.22. The molecule has 2 amide bonds. The summed E-state index contributed by atoms with van der Waals surface area (Å²) in [5.41, 5.74) is 0. The van der Waals surface area contributed by atoms with Gasteiger partial charge in [-0.1, -0.05) is 13.8 Å². The molecule has 120 valence electrons. The van der Waals surface area contributed by atoms with E-state index in [1.807, 2.05) is 13.8 Å². The van der Waals surface area contributed by atoms with Gasteiger partial charge in [0.05, 0.1) is 10.8 Å². The normalized spacial score (nSPS) is 17.8. The highest BCUT2D eigenvalue weighted by atomic mass is 32.2. The highest BCUT2D eigenvalue weighted by Gasteiger charge is 2.35. The van der Waals surface area contributed by atoms with Crippen molar-refractivity contribution in [2.24, 2.45) is 5.92 Å². The van der Waals surface area contributed by atoms with E-state index < -0.39 is 12.0 Å². The molecule has 1 aliphatic rings. The fourth-order valence-corrected chi connectivity index (χ4v) is 3.95. The van der Waals surface area contributed by atoms with Gasteiger partial charge in [-0.15, -0.1) is 23.1 Å². The number of carboxylic acid groups (broad SMARTS) is 1. The van der Waals surface area contributed by atoms with Gasteiger partial charge in [-0.25, -0.2) is 4.79 Å². The molecule has 1 aromatic heterocycles. The van der Waals surface area contributed by atoms with Crippen LogP contribution >= 0.6 is 23.1 Å². The van der Waals surface area contributed by atoms with Crippen LogP contribution in [-0.4, -0.2) is 52.0 Å². The van der Waals surface area contributed by atoms with E-state index in [0.29, 0.717) is 29.0 Å². The quantitative estimate of drug-likeness (QED) is 0.851. The van der Waals surface area contributed by atoms with Gasteiger partial charge in [-0.3, -0.25) is 9.59 Å². The maximum absolute atomic E-state index is 12.5. The minimum Gasteiger partial charge on any atom is -0.477 e. The maximum Gasteiger partial charge on any atom is 0.345 e. The molecule has 8 heteroatoms. The number of nitrogens with one attached hydrogen (secondary N) is 1. The molecule has 1 aliphatic heterocycles. The average molecular weight is 342 g/mol. The predicted octanol–water partition coefficient (Wildman–Crippen LogP) is 1.73. The first-order valence-electron chi connectivity index (χ1n) is 6.89. The first-order chi connectivity index (χ1) is 10.4. The summed E-state index contributed by atoms with van der Waals surface area (Å²) in [7, 11) is 0. The molecule has 6 nitrogen and oxygen atoms in total. The Bertz CT molecular complexity index is 585. The van der Waals surface area contributed by atoms with Crippen LogP contribution in [0, 0.1) is 5.92 Å². The molecule has 0 saturated carbocycles. The Balaban J connectivity index is 2.07. The van der Waals surface area contributed by atoms with Crippen LogP contribution in [0.5, 0.6) is 0 Å². The smallest absolute Gasteiger partial charge is 0.345 e. The van der Waals surface area contributed by atoms with Crippen LogP contribution < -0.4 is 5.32 Å². The second-order valence-electron chi connectivity index (χ2n) is 5.40. The van der Waals surface area contributed by atoms with Gasteiger partial charge in [0, 0.05) is 12.3 Å². The summed E-state index contributed by atoms with van der Waals surface area (Å²) >= 11 is 2.46. The average Bonchev–Trinajstić information content (AvgIpc) is 3.12. The summed E-state index contributed by atoms with van der Waals surface area (Å²) in [6.07, 6.45) is 0. The molecule has 0 radical (unpaired) electrons. The molecule has 1 atom stereocenters. The number of carbonyl (C=O) groups is 3. The molecular weight excluding hydrogens is 324 g/mol. The van der Waals surface area contributed by atoms with Crippen molar-refractivity contribution in [2.75, 3.05) is 18.2 Å². The van der Waals surface area contributed by atoms with Crippen molar-refractivity contribution in [2.45, 2.75) is 19.9 Å². The van der Waals surface area contributed by atoms with Gasteiger partial charge in [-0.05, 0) is 18.1 Å². The fraction of sp³-hybridized carbons (Fsp3) is 0.500. The highest BCUT2D eigenvalue weighted by molar-refractivity contribution is 7.99. The molecule has 1 aromatic rings. The first kappa shape index (κ1) is 16.8. The summed E-state index contributed by atoms with van der Waals surface area (Å²) in [5.74, 6) is -0.135. The molecular formula is C14H18N2O4S2. The molecule has 2 rings (SSSR count). The molecule has 0 bridgehead atoms. The zero-order valence-electron chi connectivity index (χ0n) is 12.4. The highest BCUT2D eigenvalue weighted by Crippen LogP contribution is 2.26. The molecule has 2 N–H and O–H groups in total. The van der Waals surface area contributed by atoms with E-state index in [9.17, 15) is 14.4 Å². The number of thiophene rings is 1. The molecule has 0 aliphatic carbocycles. The predicted molar refractivity (Wildman–Crippen MR) is 86.4 cm³/mol. The SMILES string of the molecule is CC(C)CNC(=O)C1CSCN1C(=O)c1ccc(C(=O)O)s1. The Morgan fingerprint density at radius 1 is 1.36 bits per heavy atom. The van der Waals surface area contributed by atoms with Crippen molar-refractivity contribution in [1.29, 1.82) is 0 Å². The minimum atomic E-state index is -1.05. The molecule has 0 aromatic carbocycles. The second kappa shape index (κ2) is 7.15. The van der Waals surface area contributed by atoms with Crippen molar-refractivity contribution < 1.29 is 19.5 Å². The number of carboxylic acids is 1. The Labute approximate surface area is 136 Å². The van der Waals surface area contributed by atoms with Gasteiger partial charge in [-0.2, -0.15) is 0 Å². The van der Waals surface area contributed by atoms with Crippen LogP contribution in [0.15, 0.2) is 12.1 Å². The zero-order valence-corrected chi connectivity index (χ0v) is 14.0. The first-order valence-corrected chi connectivity index (χ1v) is 8.86. The number of thioether (sulfide) groups is 1. The van der Waals surface area contributed by atoms with Gasteiger partial charge in [0.25, 0.3) is 5.91 Å². The Hall–Kier alpha value is -1.54. The number of rotatable bonds is 5. The third-order valence-electron chi connectivity index (χ3n) is 3.16. The van der Waals surface area contributed by atoms with E-state index >= 15 is 0 Å². The van der Waals surface area contributed by atoms with Gasteiger partial charge in [0.15, 0.2) is 0 Å². The number of amides is 2. The lowest BCUT2D eigenvalue weighted by Crippen LogP contribution is -2.47. The largest absolute Gasteiger partial charge is 0.477 e. The van der Waals surface area contributed by atoms with Crippen molar-refractivity contribution in [3.8, 4) is 0 Å². The summed E-state index contributed by atoms with van der Waals surface area (Å²) in [6, 6.07) is 2.42. The minimum absolute atomic E-state index is 0.121. The fourth-order valence-electron chi connectivity index (χ4n) is 1.99. The summed E-state index contributed by atoms with van der Waals surface area (Å²) in [4.78, 5) is 37.6. The molecule has 1 saturated heterocycles. The van der Waals surface area contributed by atoms with Gasteiger partial charge in [0.2, 0.25) is 5.91 Å². The lowest BCUT2D eigenvalue weighted by molar-refractivity contribution is -0.124. The van der Waals surface area contributed by atoms with Crippen molar-refractivity contribution in [1.82, 2.24) is 10.2 Å². The number of carbonyl (C=O) groups excluding carboxylic acids is 2. The number of aromatic carboxylic acids is 1. The van der Waals surface area contributed by atoms with E-state index in [-0.39, 0.29) is 16.7 Å². The second-order valence-corrected chi connectivity index (χ2v) is 7.48. The number of hydrogen-bond acceptors (Lipinski definition) is 5. The third kappa shape index (κ3) is 3.80. The molecule has 1 unspecified atom stereocenters. The Kier molecular flexibility index (Phi) is 5.47. The topological polar surface area (TPSA) is 86.7 Å². The third-order valence-corrected chi connectivity index (χ3v) is 5.23. The van der Waals surface area contributed by atoms with Crippen molar-refractivity contribution in [3.05, 3.63) is 21.9 Å². The van der Waals surface area contributed by atoms with E-state index in [1.54, 1.807) is 0 Å². The van der Waals surface area contributed by atoms with Crippen LogP contribution in [0.1, 0.15) is 33.2 Å². The Morgan fingerprint density at radius 3 is 2.64 bits per heavy atom. The van der Waals surface area contributed by atoms with E-state index in [2.05, 4.69) is 5.32 Å². The summed E-state index contributed by atoms with van der Waals surface area (Å²) in [5, 5.41) is 11.8. The van der Waals surface area contributed by atoms with Crippen molar-refractivity contribution in [3.63, 3.8) is 0 Å². The Morgan fingerprint density at radius 2 is 2.05 bits per heavy atom. The van der Waals surface area contributed by atoms with E-state index in [1.165, 1.54) is 28.8 Å². The van der Waals surface area contributed by atoms with Crippen LogP contribution in [0.3, 0.4) is 0 Å². The molecule has 2 heterocycles. The van der Waals surface area contributed by atoms with Crippen molar-refractivity contribution >= 4 is 40.9 Å². The number of hydrogen-bond donors (Lipinski definition) is 2. The molecule has 22 heavy (non-hydrogen) atoms. The summed E-state index contributed by atoms with van der Waals surface area (Å²) < 4.78 is 0. The summed E-state index contributed by atoms with van der Waals surface area (Å²) in [6.45, 7) is 4.58. The monoisotopic (exact) mass is 342 g/mol. The van der Waals surface area contributed by atoms with E-state index in [4.69, 9.17) is 5.11 Å². The lowest BCUT2D eigenvalue weighted by atomic mass is 10.2. The van der Waals surface area contributed by atoms with Gasteiger partial charge >= 0.3 is 5.97 Å². The molecule has 1 fully saturated rings. The van der Waals surface area contributed by atoms with Crippen LogP contribution in [-0.2, 0) is 4.79 Å².